The molecule has 4 heteroatoms. The third-order valence-corrected chi connectivity index (χ3v) is 6.55. The molecule has 4 atom stereocenters. The van der Waals surface area contributed by atoms with Gasteiger partial charge in [0.15, 0.2) is 0 Å². The van der Waals surface area contributed by atoms with E-state index in [9.17, 15) is 9.59 Å². The van der Waals surface area contributed by atoms with E-state index >= 15 is 0 Å². The highest BCUT2D eigenvalue weighted by Crippen LogP contribution is 2.53. The van der Waals surface area contributed by atoms with Crippen molar-refractivity contribution < 1.29 is 9.59 Å². The van der Waals surface area contributed by atoms with Gasteiger partial charge in [0.1, 0.15) is 0 Å². The molecule has 2 amide bonds. The van der Waals surface area contributed by atoms with Gasteiger partial charge in [0.05, 0.1) is 23.0 Å². The number of rotatable bonds is 2. The number of anilines is 1. The van der Waals surface area contributed by atoms with E-state index in [1.165, 1.54) is 4.90 Å². The number of aromatic nitrogens is 1. The minimum Gasteiger partial charge on any atom is -0.274 e. The number of pyridine rings is 1. The van der Waals surface area contributed by atoms with E-state index < -0.39 is 0 Å². The standard InChI is InChI=1S/C24H18N2O2/c27-23-20-15-9-10-16(13-15)21(20)24(28)26(23)19-8-4-7-18-17(11-12-25-22(18)19)14-5-2-1-3-6-14/h1-12,15-16,20-21H,13H2/t15-,16+,20+,21-. The molecule has 136 valence electrons. The fourth-order valence-corrected chi connectivity index (χ4v) is 5.35. The molecule has 1 aliphatic heterocycles. The lowest BCUT2D eigenvalue weighted by atomic mass is 9.85. The SMILES string of the molecule is O=C1[C@@H]2[C@H](C(=O)N1c1cccc3c(-c4ccccc4)ccnc13)[C@H]1C=C[C@@H]2C1. The third kappa shape index (κ3) is 1.97. The minimum atomic E-state index is -0.199. The molecule has 0 spiro atoms. The van der Waals surface area contributed by atoms with Crippen LogP contribution >= 0.6 is 0 Å². The lowest BCUT2D eigenvalue weighted by Crippen LogP contribution is -2.33. The highest BCUT2D eigenvalue weighted by Gasteiger charge is 2.59. The van der Waals surface area contributed by atoms with E-state index in [4.69, 9.17) is 0 Å². The second kappa shape index (κ2) is 5.61. The van der Waals surface area contributed by atoms with Gasteiger partial charge in [-0.2, -0.15) is 0 Å². The summed E-state index contributed by atoms with van der Waals surface area (Å²) >= 11 is 0. The van der Waals surface area contributed by atoms with Crippen molar-refractivity contribution in [3.05, 3.63) is 72.9 Å². The van der Waals surface area contributed by atoms with Crippen LogP contribution in [0.15, 0.2) is 72.9 Å². The number of hydrogen-bond donors (Lipinski definition) is 0. The molecule has 0 N–H and O–H groups in total. The van der Waals surface area contributed by atoms with Crippen LogP contribution in [0.3, 0.4) is 0 Å². The first-order valence-corrected chi connectivity index (χ1v) is 9.73. The summed E-state index contributed by atoms with van der Waals surface area (Å²) in [6, 6.07) is 17.8. The number of imide groups is 1. The van der Waals surface area contributed by atoms with Crippen molar-refractivity contribution in [2.24, 2.45) is 23.7 Å². The molecule has 2 heterocycles. The van der Waals surface area contributed by atoms with Crippen LogP contribution in [0.4, 0.5) is 5.69 Å². The van der Waals surface area contributed by atoms with E-state index in [1.54, 1.807) is 6.20 Å². The number of para-hydroxylation sites is 1. The van der Waals surface area contributed by atoms with Gasteiger partial charge in [-0.05, 0) is 41.5 Å². The summed E-state index contributed by atoms with van der Waals surface area (Å²) in [6.07, 6.45) is 6.93. The summed E-state index contributed by atoms with van der Waals surface area (Å²) in [5, 5.41) is 0.949. The molecule has 6 rings (SSSR count). The highest BCUT2D eigenvalue weighted by molar-refractivity contribution is 6.25. The molecule has 2 bridgehead atoms. The van der Waals surface area contributed by atoms with Crippen LogP contribution in [-0.4, -0.2) is 16.8 Å². The van der Waals surface area contributed by atoms with Crippen molar-refractivity contribution >= 4 is 28.4 Å². The van der Waals surface area contributed by atoms with E-state index in [-0.39, 0.29) is 35.5 Å². The third-order valence-electron chi connectivity index (χ3n) is 6.55. The Morgan fingerprint density at radius 3 is 2.25 bits per heavy atom. The molecule has 2 aliphatic carbocycles. The summed E-state index contributed by atoms with van der Waals surface area (Å²) in [6.45, 7) is 0. The van der Waals surface area contributed by atoms with Crippen LogP contribution in [0, 0.1) is 23.7 Å². The number of fused-ring (bicyclic) bond motifs is 6. The number of carbonyl (C=O) groups excluding carboxylic acids is 2. The number of carbonyl (C=O) groups is 2. The lowest BCUT2D eigenvalue weighted by Gasteiger charge is -2.19. The van der Waals surface area contributed by atoms with Gasteiger partial charge in [-0.25, -0.2) is 4.90 Å². The number of nitrogens with zero attached hydrogens (tertiary/aromatic N) is 2. The average molecular weight is 366 g/mol. The fraction of sp³-hybridized carbons (Fsp3) is 0.208. The van der Waals surface area contributed by atoms with Crippen LogP contribution in [0.1, 0.15) is 6.42 Å². The Hall–Kier alpha value is -3.27. The smallest absolute Gasteiger partial charge is 0.238 e. The molecule has 1 saturated heterocycles. The molecular formula is C24H18N2O2. The molecule has 2 aromatic carbocycles. The zero-order valence-electron chi connectivity index (χ0n) is 15.2. The topological polar surface area (TPSA) is 50.3 Å². The van der Waals surface area contributed by atoms with Crippen LogP contribution in [-0.2, 0) is 9.59 Å². The predicted molar refractivity (Wildman–Crippen MR) is 107 cm³/mol. The summed E-state index contributed by atoms with van der Waals surface area (Å²) in [7, 11) is 0. The molecule has 3 aromatic rings. The number of hydrogen-bond acceptors (Lipinski definition) is 3. The molecule has 4 nitrogen and oxygen atoms in total. The first-order chi connectivity index (χ1) is 13.7. The lowest BCUT2D eigenvalue weighted by molar-refractivity contribution is -0.123. The summed E-state index contributed by atoms with van der Waals surface area (Å²) < 4.78 is 0. The van der Waals surface area contributed by atoms with Gasteiger partial charge in [-0.3, -0.25) is 14.6 Å². The Labute approximate surface area is 162 Å². The van der Waals surface area contributed by atoms with Crippen molar-refractivity contribution in [3.8, 4) is 11.1 Å². The Morgan fingerprint density at radius 1 is 0.821 bits per heavy atom. The second-order valence-electron chi connectivity index (χ2n) is 7.91. The van der Waals surface area contributed by atoms with Crippen LogP contribution in [0.2, 0.25) is 0 Å². The van der Waals surface area contributed by atoms with Gasteiger partial charge >= 0.3 is 0 Å². The maximum absolute atomic E-state index is 13.2. The molecule has 1 aromatic heterocycles. The molecule has 1 saturated carbocycles. The monoisotopic (exact) mass is 366 g/mol. The minimum absolute atomic E-state index is 0.0636. The zero-order chi connectivity index (χ0) is 18.8. The maximum Gasteiger partial charge on any atom is 0.238 e. The van der Waals surface area contributed by atoms with E-state index in [0.717, 1.165) is 22.9 Å². The number of benzene rings is 2. The number of amides is 2. The summed E-state index contributed by atoms with van der Waals surface area (Å²) in [4.78, 5) is 32.4. The van der Waals surface area contributed by atoms with Gasteiger partial charge < -0.3 is 0 Å². The molecule has 3 aliphatic rings. The predicted octanol–water partition coefficient (Wildman–Crippen LogP) is 4.21. The van der Waals surface area contributed by atoms with E-state index in [0.29, 0.717) is 11.2 Å². The van der Waals surface area contributed by atoms with E-state index in [1.807, 2.05) is 42.5 Å². The van der Waals surface area contributed by atoms with Crippen LogP contribution in [0.25, 0.3) is 22.0 Å². The van der Waals surface area contributed by atoms with Crippen LogP contribution < -0.4 is 4.90 Å². The molecule has 0 unspecified atom stereocenters. The molecule has 28 heavy (non-hydrogen) atoms. The fourth-order valence-electron chi connectivity index (χ4n) is 5.35. The van der Waals surface area contributed by atoms with Gasteiger partial charge in [0.2, 0.25) is 11.8 Å². The normalized spacial score (nSPS) is 27.8. The van der Waals surface area contributed by atoms with Gasteiger partial charge in [-0.1, -0.05) is 54.6 Å². The number of allylic oxidation sites excluding steroid dienone is 2. The summed E-state index contributed by atoms with van der Waals surface area (Å²) in [5.74, 6) is -0.110. The zero-order valence-corrected chi connectivity index (χ0v) is 15.2. The van der Waals surface area contributed by atoms with Gasteiger partial charge in [0.25, 0.3) is 0 Å². The Bertz CT molecular complexity index is 1140. The Kier molecular flexibility index (Phi) is 3.16. The van der Waals surface area contributed by atoms with Crippen molar-refractivity contribution in [2.75, 3.05) is 4.90 Å². The van der Waals surface area contributed by atoms with Crippen LogP contribution in [0.5, 0.6) is 0 Å². The second-order valence-corrected chi connectivity index (χ2v) is 7.91. The molecule has 2 fully saturated rings. The van der Waals surface area contributed by atoms with Gasteiger partial charge in [0, 0.05) is 11.6 Å². The molecular weight excluding hydrogens is 348 g/mol. The summed E-state index contributed by atoms with van der Waals surface area (Å²) in [5.41, 5.74) is 3.45. The van der Waals surface area contributed by atoms with E-state index in [2.05, 4.69) is 29.3 Å². The van der Waals surface area contributed by atoms with Crippen molar-refractivity contribution in [2.45, 2.75) is 6.42 Å². The average Bonchev–Trinajstić information content (AvgIpc) is 3.42. The van der Waals surface area contributed by atoms with Gasteiger partial charge in [-0.15, -0.1) is 0 Å². The first-order valence-electron chi connectivity index (χ1n) is 9.73. The van der Waals surface area contributed by atoms with Crippen molar-refractivity contribution in [1.29, 1.82) is 0 Å². The Balaban J connectivity index is 1.51. The largest absolute Gasteiger partial charge is 0.274 e. The Morgan fingerprint density at radius 2 is 1.54 bits per heavy atom. The van der Waals surface area contributed by atoms with Crippen molar-refractivity contribution in [3.63, 3.8) is 0 Å². The maximum atomic E-state index is 13.2. The highest BCUT2D eigenvalue weighted by atomic mass is 16.2. The molecule has 0 radical (unpaired) electrons. The van der Waals surface area contributed by atoms with Crippen molar-refractivity contribution in [1.82, 2.24) is 4.98 Å². The first kappa shape index (κ1) is 15.8. The quantitative estimate of drug-likeness (QED) is 0.504.